The number of carboxylic acids is 1. The summed E-state index contributed by atoms with van der Waals surface area (Å²) in [4.78, 5) is 15.6. The third-order valence-electron chi connectivity index (χ3n) is 8.11. The van der Waals surface area contributed by atoms with Gasteiger partial charge in [-0.15, -0.1) is 0 Å². The maximum absolute atomic E-state index is 13.5. The Kier molecular flexibility index (Phi) is 8.20. The lowest BCUT2D eigenvalue weighted by Crippen LogP contribution is -2.53. The number of carbonyl (C=O) groups is 1. The summed E-state index contributed by atoms with van der Waals surface area (Å²) < 4.78 is 107. The predicted molar refractivity (Wildman–Crippen MR) is 131 cm³/mol. The number of halogens is 6. The molecule has 4 atom stereocenters. The zero-order chi connectivity index (χ0) is 28.9. The van der Waals surface area contributed by atoms with Gasteiger partial charge in [-0.3, -0.25) is 9.69 Å². The van der Waals surface area contributed by atoms with E-state index in [1.807, 2.05) is 25.1 Å². The predicted octanol–water partition coefficient (Wildman–Crippen LogP) is 2.73. The van der Waals surface area contributed by atoms with Crippen LogP contribution < -0.4 is 14.9 Å². The molecule has 0 amide bonds. The number of anilines is 1. The Morgan fingerprint density at radius 2 is 1.69 bits per heavy atom. The Bertz CT molecular complexity index is 1160. The number of fused-ring (bicyclic) bond motifs is 1. The minimum absolute atomic E-state index is 0.0553. The molecule has 220 valence electrons. The summed E-state index contributed by atoms with van der Waals surface area (Å²) >= 11 is 0. The van der Waals surface area contributed by atoms with Crippen molar-refractivity contribution < 1.29 is 44.7 Å². The van der Waals surface area contributed by atoms with E-state index in [9.17, 15) is 44.7 Å². The largest absolute Gasteiger partial charge is 0.480 e. The fourth-order valence-electron chi connectivity index (χ4n) is 6.41. The van der Waals surface area contributed by atoms with Gasteiger partial charge < -0.3 is 15.3 Å². The molecule has 0 bridgehead atoms. The Balaban J connectivity index is 1.49. The standard InChI is InChI=1S/C24H32F6N4O4S/c1-13-14(4-3-5-18(13)34-8-6-15(7-9-34)32-39(2,37)38)10-33-11-16-17(12-33)20(22(35)36)31-19(16)21(23(25,26)27)24(28,29)30/h3-5,15-17,19-21,31-32H,6-12H2,1-2H3,(H,35,36). The van der Waals surface area contributed by atoms with Crippen LogP contribution in [0.2, 0.25) is 0 Å². The number of carboxylic acid groups (broad SMARTS) is 1. The SMILES string of the molecule is Cc1c(CN2CC3C(C(=O)O)NC(C(C(F)(F)F)C(F)(F)F)C3C2)cccc1N1CCC(NS(C)(=O)=O)CC1. The van der Waals surface area contributed by atoms with E-state index in [1.54, 1.807) is 4.90 Å². The highest BCUT2D eigenvalue weighted by atomic mass is 32.2. The number of rotatable bonds is 7. The van der Waals surface area contributed by atoms with Gasteiger partial charge in [-0.25, -0.2) is 13.1 Å². The van der Waals surface area contributed by atoms with Crippen LogP contribution in [0, 0.1) is 24.7 Å². The first kappa shape index (κ1) is 29.9. The van der Waals surface area contributed by atoms with Crippen LogP contribution in [0.5, 0.6) is 0 Å². The lowest BCUT2D eigenvalue weighted by Gasteiger charge is -2.35. The second-order valence-corrected chi connectivity index (χ2v) is 12.6. The number of hydrogen-bond acceptors (Lipinski definition) is 6. The number of piperidine rings is 1. The molecule has 3 heterocycles. The molecule has 15 heteroatoms. The number of aliphatic carboxylic acids is 1. The van der Waals surface area contributed by atoms with Crippen LogP contribution in [0.1, 0.15) is 24.0 Å². The van der Waals surface area contributed by atoms with Crippen molar-refractivity contribution in [2.45, 2.75) is 56.8 Å². The molecule has 3 aliphatic rings. The molecule has 3 fully saturated rings. The molecule has 1 aromatic carbocycles. The van der Waals surface area contributed by atoms with Crippen molar-refractivity contribution in [3.63, 3.8) is 0 Å². The van der Waals surface area contributed by atoms with Gasteiger partial charge in [-0.1, -0.05) is 12.1 Å². The van der Waals surface area contributed by atoms with Crippen molar-refractivity contribution in [3.8, 4) is 0 Å². The van der Waals surface area contributed by atoms with E-state index in [2.05, 4.69) is 14.9 Å². The number of likely N-dealkylation sites (tertiary alicyclic amines) is 1. The monoisotopic (exact) mass is 586 g/mol. The molecule has 4 rings (SSSR count). The zero-order valence-electron chi connectivity index (χ0n) is 21.4. The van der Waals surface area contributed by atoms with Crippen molar-refractivity contribution in [2.24, 2.45) is 17.8 Å². The maximum atomic E-state index is 13.5. The highest BCUT2D eigenvalue weighted by Crippen LogP contribution is 2.48. The van der Waals surface area contributed by atoms with Gasteiger partial charge >= 0.3 is 18.3 Å². The number of alkyl halides is 6. The molecule has 1 aromatic rings. The second kappa shape index (κ2) is 10.7. The van der Waals surface area contributed by atoms with Crippen LogP contribution in [0.3, 0.4) is 0 Å². The average Bonchev–Trinajstić information content (AvgIpc) is 3.32. The van der Waals surface area contributed by atoms with E-state index in [-0.39, 0.29) is 25.7 Å². The van der Waals surface area contributed by atoms with Gasteiger partial charge in [0.1, 0.15) is 6.04 Å². The second-order valence-electron chi connectivity index (χ2n) is 10.8. The van der Waals surface area contributed by atoms with Crippen molar-refractivity contribution in [1.82, 2.24) is 14.9 Å². The summed E-state index contributed by atoms with van der Waals surface area (Å²) in [6.45, 7) is 3.31. The summed E-state index contributed by atoms with van der Waals surface area (Å²) in [5, 5.41) is 11.7. The minimum atomic E-state index is -5.57. The zero-order valence-corrected chi connectivity index (χ0v) is 22.2. The van der Waals surface area contributed by atoms with E-state index in [1.165, 1.54) is 0 Å². The summed E-state index contributed by atoms with van der Waals surface area (Å²) in [5.41, 5.74) is 2.65. The van der Waals surface area contributed by atoms with Crippen LogP contribution in [0.4, 0.5) is 32.0 Å². The smallest absolute Gasteiger partial charge is 0.402 e. The minimum Gasteiger partial charge on any atom is -0.480 e. The molecule has 8 nitrogen and oxygen atoms in total. The summed E-state index contributed by atoms with van der Waals surface area (Å²) in [6, 6.07) is 1.82. The number of sulfonamides is 1. The topological polar surface area (TPSA) is 102 Å². The van der Waals surface area contributed by atoms with Gasteiger partial charge in [-0.05, 0) is 42.9 Å². The Morgan fingerprint density at radius 1 is 1.10 bits per heavy atom. The third-order valence-corrected chi connectivity index (χ3v) is 8.87. The molecule has 0 spiro atoms. The molecule has 0 radical (unpaired) electrons. The summed E-state index contributed by atoms with van der Waals surface area (Å²) in [5.74, 6) is -7.16. The van der Waals surface area contributed by atoms with Crippen molar-refractivity contribution in [3.05, 3.63) is 29.3 Å². The van der Waals surface area contributed by atoms with Crippen LogP contribution in [0.25, 0.3) is 0 Å². The number of hydrogen-bond donors (Lipinski definition) is 3. The molecule has 0 aliphatic carbocycles. The van der Waals surface area contributed by atoms with E-state index < -0.39 is 58.2 Å². The van der Waals surface area contributed by atoms with E-state index in [0.29, 0.717) is 25.9 Å². The van der Waals surface area contributed by atoms with Gasteiger partial charge in [-0.2, -0.15) is 26.3 Å². The van der Waals surface area contributed by atoms with Gasteiger partial charge in [0, 0.05) is 56.4 Å². The average molecular weight is 587 g/mol. The molecule has 0 saturated carbocycles. The third kappa shape index (κ3) is 6.63. The van der Waals surface area contributed by atoms with Crippen molar-refractivity contribution in [2.75, 3.05) is 37.3 Å². The first-order valence-electron chi connectivity index (χ1n) is 12.6. The molecule has 3 N–H and O–H groups in total. The van der Waals surface area contributed by atoms with Gasteiger partial charge in [0.15, 0.2) is 5.92 Å². The fourth-order valence-corrected chi connectivity index (χ4v) is 7.26. The van der Waals surface area contributed by atoms with Crippen LogP contribution in [0.15, 0.2) is 18.2 Å². The Labute approximate surface area is 222 Å². The van der Waals surface area contributed by atoms with E-state index in [0.717, 1.165) is 23.1 Å². The van der Waals surface area contributed by atoms with Crippen LogP contribution >= 0.6 is 0 Å². The van der Waals surface area contributed by atoms with Crippen LogP contribution in [-0.2, 0) is 21.4 Å². The summed E-state index contributed by atoms with van der Waals surface area (Å²) in [6.07, 6.45) is -8.82. The molecule has 3 saturated heterocycles. The number of nitrogens with zero attached hydrogens (tertiary/aromatic N) is 2. The highest BCUT2D eigenvalue weighted by Gasteiger charge is 2.66. The molecular formula is C24H32F6N4O4S. The van der Waals surface area contributed by atoms with Gasteiger partial charge in [0.2, 0.25) is 10.0 Å². The van der Waals surface area contributed by atoms with E-state index in [4.69, 9.17) is 0 Å². The molecule has 39 heavy (non-hydrogen) atoms. The normalized spacial score (nSPS) is 27.4. The Morgan fingerprint density at radius 3 is 2.23 bits per heavy atom. The van der Waals surface area contributed by atoms with Crippen molar-refractivity contribution in [1.29, 1.82) is 0 Å². The van der Waals surface area contributed by atoms with Gasteiger partial charge in [0.25, 0.3) is 0 Å². The fraction of sp³-hybridized carbons (Fsp3) is 0.708. The number of benzene rings is 1. The first-order chi connectivity index (χ1) is 18.0. The number of nitrogens with one attached hydrogen (secondary N) is 2. The quantitative estimate of drug-likeness (QED) is 0.423. The summed E-state index contributed by atoms with van der Waals surface area (Å²) in [7, 11) is -3.32. The molecule has 0 aromatic heterocycles. The van der Waals surface area contributed by atoms with Gasteiger partial charge in [0.05, 0.1) is 6.26 Å². The van der Waals surface area contributed by atoms with E-state index >= 15 is 0 Å². The first-order valence-corrected chi connectivity index (χ1v) is 14.5. The Hall–Kier alpha value is -2.10. The maximum Gasteiger partial charge on any atom is 0.402 e. The van der Waals surface area contributed by atoms with Crippen molar-refractivity contribution >= 4 is 21.7 Å². The molecular weight excluding hydrogens is 554 g/mol. The molecule has 4 unspecified atom stereocenters. The molecule has 3 aliphatic heterocycles. The highest BCUT2D eigenvalue weighted by molar-refractivity contribution is 7.88. The van der Waals surface area contributed by atoms with Crippen LogP contribution in [-0.4, -0.2) is 87.3 Å². The lowest BCUT2D eigenvalue weighted by molar-refractivity contribution is -0.293. The lowest BCUT2D eigenvalue weighted by atomic mass is 9.84.